The van der Waals surface area contributed by atoms with Crippen LogP contribution in [0.4, 0.5) is 11.5 Å². The first-order valence-corrected chi connectivity index (χ1v) is 9.11. The lowest BCUT2D eigenvalue weighted by molar-refractivity contribution is 0.370. The second-order valence-electron chi connectivity index (χ2n) is 6.31. The molecule has 5 nitrogen and oxygen atoms in total. The first kappa shape index (κ1) is 18.3. The summed E-state index contributed by atoms with van der Waals surface area (Å²) in [4.78, 5) is 0. The van der Waals surface area contributed by atoms with Crippen molar-refractivity contribution in [2.75, 3.05) is 19.0 Å². The van der Waals surface area contributed by atoms with Crippen molar-refractivity contribution in [3.05, 3.63) is 72.8 Å². The number of fused-ring (bicyclic) bond motifs is 1. The van der Waals surface area contributed by atoms with Crippen molar-refractivity contribution in [3.8, 4) is 35.1 Å². The largest absolute Gasteiger partial charge is 0.497 e. The first-order chi connectivity index (χ1) is 14.3. The highest BCUT2D eigenvalue weighted by atomic mass is 16.5. The van der Waals surface area contributed by atoms with Crippen LogP contribution in [0.25, 0.3) is 22.0 Å². The van der Waals surface area contributed by atoms with Crippen LogP contribution >= 0.6 is 0 Å². The van der Waals surface area contributed by atoms with Crippen LogP contribution in [0.5, 0.6) is 11.5 Å². The van der Waals surface area contributed by atoms with Crippen molar-refractivity contribution >= 4 is 22.3 Å². The fourth-order valence-corrected chi connectivity index (χ4v) is 3.05. The highest BCUT2D eigenvalue weighted by Gasteiger charge is 2.11. The number of benzene rings is 3. The Kier molecular flexibility index (Phi) is 5.26. The molecule has 142 valence electrons. The van der Waals surface area contributed by atoms with Gasteiger partial charge < -0.3 is 14.8 Å². The average molecular weight is 381 g/mol. The maximum atomic E-state index is 5.44. The number of ether oxygens (including phenoxy) is 2. The Morgan fingerprint density at radius 2 is 1.55 bits per heavy atom. The molecule has 29 heavy (non-hydrogen) atoms. The molecule has 0 fully saturated rings. The van der Waals surface area contributed by atoms with Gasteiger partial charge in [0.1, 0.15) is 23.8 Å². The molecular formula is C24H19N3O2. The van der Waals surface area contributed by atoms with E-state index in [2.05, 4.69) is 21.4 Å². The van der Waals surface area contributed by atoms with Gasteiger partial charge in [0, 0.05) is 22.0 Å². The second-order valence-corrected chi connectivity index (χ2v) is 6.31. The van der Waals surface area contributed by atoms with Crippen LogP contribution in [-0.2, 0) is 0 Å². The van der Waals surface area contributed by atoms with Crippen LogP contribution in [0.3, 0.4) is 0 Å². The summed E-state index contributed by atoms with van der Waals surface area (Å²) in [5, 5.41) is 14.3. The van der Waals surface area contributed by atoms with Gasteiger partial charge in [-0.3, -0.25) is 0 Å². The van der Waals surface area contributed by atoms with Gasteiger partial charge in [0.25, 0.3) is 0 Å². The lowest BCUT2D eigenvalue weighted by atomic mass is 10.0. The fourth-order valence-electron chi connectivity index (χ4n) is 3.05. The Bertz CT molecular complexity index is 1160. The van der Waals surface area contributed by atoms with Gasteiger partial charge in [-0.05, 0) is 48.5 Å². The molecule has 0 aliphatic rings. The lowest BCUT2D eigenvalue weighted by Gasteiger charge is -2.12. The zero-order valence-electron chi connectivity index (χ0n) is 15.9. The van der Waals surface area contributed by atoms with Gasteiger partial charge in [0.15, 0.2) is 5.82 Å². The third-order valence-electron chi connectivity index (χ3n) is 4.49. The second kappa shape index (κ2) is 8.32. The van der Waals surface area contributed by atoms with Crippen molar-refractivity contribution in [1.29, 1.82) is 0 Å². The van der Waals surface area contributed by atoms with E-state index in [9.17, 15) is 0 Å². The normalized spacial score (nSPS) is 10.3. The van der Waals surface area contributed by atoms with Crippen LogP contribution in [-0.4, -0.2) is 23.9 Å². The summed E-state index contributed by atoms with van der Waals surface area (Å²) in [7, 11) is 1.65. The highest BCUT2D eigenvalue weighted by molar-refractivity contribution is 6.00. The minimum absolute atomic E-state index is 0.244. The van der Waals surface area contributed by atoms with Gasteiger partial charge in [-0.25, -0.2) is 0 Å². The number of aromatic nitrogens is 2. The summed E-state index contributed by atoms with van der Waals surface area (Å²) in [6.45, 7) is 0.244. The summed E-state index contributed by atoms with van der Waals surface area (Å²) in [5.74, 6) is 4.68. The van der Waals surface area contributed by atoms with Gasteiger partial charge in [-0.1, -0.05) is 30.2 Å². The Labute approximate surface area is 169 Å². The molecule has 0 radical (unpaired) electrons. The van der Waals surface area contributed by atoms with E-state index in [4.69, 9.17) is 15.9 Å². The number of nitrogens with zero attached hydrogens (tertiary/aromatic N) is 2. The maximum Gasteiger partial charge on any atom is 0.161 e. The molecule has 5 heteroatoms. The van der Waals surface area contributed by atoms with Crippen LogP contribution in [0, 0.1) is 12.3 Å². The molecule has 4 rings (SSSR count). The van der Waals surface area contributed by atoms with E-state index in [0.717, 1.165) is 39.2 Å². The fraction of sp³-hybridized carbons (Fsp3) is 0.0833. The van der Waals surface area contributed by atoms with E-state index in [1.165, 1.54) is 0 Å². The number of terminal acetylenes is 1. The summed E-state index contributed by atoms with van der Waals surface area (Å²) < 4.78 is 10.7. The minimum atomic E-state index is 0.244. The minimum Gasteiger partial charge on any atom is -0.497 e. The van der Waals surface area contributed by atoms with Gasteiger partial charge in [-0.2, -0.15) is 0 Å². The maximum absolute atomic E-state index is 5.44. The van der Waals surface area contributed by atoms with Crippen LogP contribution in [0.2, 0.25) is 0 Å². The van der Waals surface area contributed by atoms with Gasteiger partial charge in [-0.15, -0.1) is 16.6 Å². The summed E-state index contributed by atoms with van der Waals surface area (Å²) in [6.07, 6.45) is 5.24. The number of hydrogen-bond donors (Lipinski definition) is 1. The van der Waals surface area contributed by atoms with Crippen molar-refractivity contribution < 1.29 is 9.47 Å². The quantitative estimate of drug-likeness (QED) is 0.473. The molecule has 0 saturated heterocycles. The number of methoxy groups -OCH3 is 1. The predicted molar refractivity (Wildman–Crippen MR) is 116 cm³/mol. The molecule has 0 aliphatic heterocycles. The molecular weight excluding hydrogens is 362 g/mol. The van der Waals surface area contributed by atoms with Crippen LogP contribution < -0.4 is 14.8 Å². The number of nitrogens with one attached hydrogen (secondary N) is 1. The Hall–Kier alpha value is -4.04. The lowest BCUT2D eigenvalue weighted by Crippen LogP contribution is -1.99. The molecule has 0 amide bonds. The van der Waals surface area contributed by atoms with Gasteiger partial charge in [0.05, 0.1) is 7.11 Å². The Balaban J connectivity index is 1.69. The third kappa shape index (κ3) is 3.97. The van der Waals surface area contributed by atoms with Crippen molar-refractivity contribution in [2.24, 2.45) is 0 Å². The Morgan fingerprint density at radius 1 is 0.862 bits per heavy atom. The zero-order valence-corrected chi connectivity index (χ0v) is 15.9. The van der Waals surface area contributed by atoms with Crippen molar-refractivity contribution in [1.82, 2.24) is 10.2 Å². The smallest absolute Gasteiger partial charge is 0.161 e. The van der Waals surface area contributed by atoms with E-state index < -0.39 is 0 Å². The summed E-state index contributed by atoms with van der Waals surface area (Å²) in [5.41, 5.74) is 2.68. The molecule has 1 aromatic heterocycles. The molecule has 1 heterocycles. The first-order valence-electron chi connectivity index (χ1n) is 9.11. The monoisotopic (exact) mass is 381 g/mol. The van der Waals surface area contributed by atoms with Crippen molar-refractivity contribution in [3.63, 3.8) is 0 Å². The van der Waals surface area contributed by atoms with Gasteiger partial charge in [0.2, 0.25) is 0 Å². The number of anilines is 2. The number of hydrogen-bond acceptors (Lipinski definition) is 5. The van der Waals surface area contributed by atoms with E-state index >= 15 is 0 Å². The van der Waals surface area contributed by atoms with Crippen LogP contribution in [0.1, 0.15) is 0 Å². The zero-order chi connectivity index (χ0) is 20.1. The highest BCUT2D eigenvalue weighted by Crippen LogP contribution is 2.32. The predicted octanol–water partition coefficient (Wildman–Crippen LogP) is 5.06. The van der Waals surface area contributed by atoms with Crippen molar-refractivity contribution in [2.45, 2.75) is 0 Å². The van der Waals surface area contributed by atoms with Crippen LogP contribution in [0.15, 0.2) is 72.8 Å². The summed E-state index contributed by atoms with van der Waals surface area (Å²) in [6, 6.07) is 23.4. The molecule has 0 atom stereocenters. The van der Waals surface area contributed by atoms with E-state index in [1.54, 1.807) is 7.11 Å². The third-order valence-corrected chi connectivity index (χ3v) is 4.49. The van der Waals surface area contributed by atoms with E-state index in [-0.39, 0.29) is 6.61 Å². The van der Waals surface area contributed by atoms with Gasteiger partial charge >= 0.3 is 0 Å². The van der Waals surface area contributed by atoms with E-state index in [0.29, 0.717) is 5.82 Å². The molecule has 0 unspecified atom stereocenters. The molecule has 4 aromatic rings. The van der Waals surface area contributed by atoms with E-state index in [1.807, 2.05) is 72.8 Å². The molecule has 1 N–H and O–H groups in total. The SMILES string of the molecule is C#CCOc1ccc(-c2nnc(Nc3ccc(OC)cc3)c3ccccc23)cc1. The summed E-state index contributed by atoms with van der Waals surface area (Å²) >= 11 is 0. The molecule has 0 aliphatic carbocycles. The Morgan fingerprint density at radius 3 is 2.24 bits per heavy atom. The average Bonchev–Trinajstić information content (AvgIpc) is 2.79. The number of rotatable bonds is 6. The topological polar surface area (TPSA) is 56.3 Å². The molecule has 0 spiro atoms. The molecule has 0 bridgehead atoms. The molecule has 3 aromatic carbocycles. The molecule has 0 saturated carbocycles. The standard InChI is InChI=1S/C24H19N3O2/c1-3-16-29-20-12-8-17(9-13-20)23-21-6-4-5-7-22(21)24(27-26-23)25-18-10-14-19(28-2)15-11-18/h1,4-15H,16H2,2H3,(H,25,27).